The Labute approximate surface area is 56.0 Å². The molecule has 3 N–H and O–H groups in total. The smallest absolute Gasteiger partial charge is 0.376 e. The van der Waals surface area contributed by atoms with Gasteiger partial charge in [0.1, 0.15) is 0 Å². The van der Waals surface area contributed by atoms with Crippen molar-refractivity contribution >= 4 is 7.05 Å². The van der Waals surface area contributed by atoms with Crippen molar-refractivity contribution in [1.29, 1.82) is 0 Å². The SMILES string of the molecule is CB(O)N1CC[C@H](N)C1. The summed E-state index contributed by atoms with van der Waals surface area (Å²) >= 11 is 0. The summed E-state index contributed by atoms with van der Waals surface area (Å²) in [5.74, 6) is 0. The van der Waals surface area contributed by atoms with Crippen molar-refractivity contribution in [3.05, 3.63) is 0 Å². The van der Waals surface area contributed by atoms with Gasteiger partial charge in [-0.2, -0.15) is 0 Å². The van der Waals surface area contributed by atoms with E-state index < -0.39 is 0 Å². The molecule has 9 heavy (non-hydrogen) atoms. The first-order valence-electron chi connectivity index (χ1n) is 3.38. The molecule has 1 saturated heterocycles. The lowest BCUT2D eigenvalue weighted by atomic mass is 9.86. The molecule has 0 aliphatic carbocycles. The van der Waals surface area contributed by atoms with Crippen LogP contribution in [0.4, 0.5) is 0 Å². The number of rotatable bonds is 1. The summed E-state index contributed by atoms with van der Waals surface area (Å²) in [6.07, 6.45) is 1.02. The van der Waals surface area contributed by atoms with E-state index in [1.54, 1.807) is 6.82 Å². The Morgan fingerprint density at radius 1 is 1.78 bits per heavy atom. The maximum atomic E-state index is 9.04. The van der Waals surface area contributed by atoms with Crippen LogP contribution in [0.25, 0.3) is 0 Å². The minimum Gasteiger partial charge on any atom is -0.437 e. The summed E-state index contributed by atoms with van der Waals surface area (Å²) in [6, 6.07) is 0.277. The van der Waals surface area contributed by atoms with Crippen molar-refractivity contribution in [2.24, 2.45) is 5.73 Å². The largest absolute Gasteiger partial charge is 0.437 e. The van der Waals surface area contributed by atoms with Crippen LogP contribution in [-0.2, 0) is 0 Å². The predicted octanol–water partition coefficient (Wildman–Crippen LogP) is -0.870. The Hall–Kier alpha value is -0.0551. The highest BCUT2D eigenvalue weighted by atomic mass is 16.2. The number of nitrogens with zero attached hydrogens (tertiary/aromatic N) is 1. The van der Waals surface area contributed by atoms with E-state index in [1.165, 1.54) is 0 Å². The normalized spacial score (nSPS) is 29.0. The first-order chi connectivity index (χ1) is 4.20. The minimum atomic E-state index is -0.321. The Balaban J connectivity index is 2.30. The van der Waals surface area contributed by atoms with Gasteiger partial charge in [0.15, 0.2) is 0 Å². The average Bonchev–Trinajstić information content (AvgIpc) is 2.14. The van der Waals surface area contributed by atoms with E-state index in [1.807, 2.05) is 4.81 Å². The van der Waals surface area contributed by atoms with Crippen LogP contribution in [0, 0.1) is 0 Å². The molecule has 0 aromatic heterocycles. The molecule has 1 aliphatic rings. The van der Waals surface area contributed by atoms with Crippen LogP contribution in [0.15, 0.2) is 0 Å². The fourth-order valence-electron chi connectivity index (χ4n) is 1.15. The second kappa shape index (κ2) is 2.69. The molecule has 0 radical (unpaired) electrons. The van der Waals surface area contributed by atoms with Crippen molar-refractivity contribution in [2.45, 2.75) is 19.3 Å². The summed E-state index contributed by atoms with van der Waals surface area (Å²) in [5, 5.41) is 9.04. The molecule has 1 fully saturated rings. The molecule has 1 heterocycles. The Morgan fingerprint density at radius 2 is 2.44 bits per heavy atom. The first-order valence-corrected chi connectivity index (χ1v) is 3.38. The van der Waals surface area contributed by atoms with E-state index >= 15 is 0 Å². The highest BCUT2D eigenvalue weighted by Crippen LogP contribution is 2.06. The molecule has 52 valence electrons. The topological polar surface area (TPSA) is 49.5 Å². The Morgan fingerprint density at radius 3 is 2.67 bits per heavy atom. The van der Waals surface area contributed by atoms with Gasteiger partial charge in [0.2, 0.25) is 0 Å². The first kappa shape index (κ1) is 7.06. The molecule has 1 aliphatic heterocycles. The lowest BCUT2D eigenvalue weighted by Crippen LogP contribution is -2.36. The third-order valence-corrected chi connectivity index (χ3v) is 1.78. The summed E-state index contributed by atoms with van der Waals surface area (Å²) in [5.41, 5.74) is 5.61. The van der Waals surface area contributed by atoms with Crippen molar-refractivity contribution in [3.63, 3.8) is 0 Å². The van der Waals surface area contributed by atoms with Gasteiger partial charge >= 0.3 is 7.05 Å². The highest BCUT2D eigenvalue weighted by molar-refractivity contribution is 6.45. The zero-order valence-corrected chi connectivity index (χ0v) is 5.75. The summed E-state index contributed by atoms with van der Waals surface area (Å²) in [6.45, 7) is 3.56. The molecule has 3 nitrogen and oxygen atoms in total. The fourth-order valence-corrected chi connectivity index (χ4v) is 1.15. The van der Waals surface area contributed by atoms with Crippen molar-refractivity contribution in [3.8, 4) is 0 Å². The quantitative estimate of drug-likeness (QED) is 0.451. The molecular formula is C5H13BN2O. The van der Waals surface area contributed by atoms with Gasteiger partial charge in [0.05, 0.1) is 0 Å². The molecule has 0 aromatic carbocycles. The van der Waals surface area contributed by atoms with Crippen molar-refractivity contribution in [1.82, 2.24) is 4.81 Å². The maximum Gasteiger partial charge on any atom is 0.376 e. The molecule has 0 spiro atoms. The van der Waals surface area contributed by atoms with Gasteiger partial charge in [-0.15, -0.1) is 0 Å². The van der Waals surface area contributed by atoms with Gasteiger partial charge in [0, 0.05) is 12.6 Å². The molecule has 0 bridgehead atoms. The summed E-state index contributed by atoms with van der Waals surface area (Å²) in [7, 11) is -0.321. The molecule has 1 atom stereocenters. The minimum absolute atomic E-state index is 0.277. The molecule has 4 heteroatoms. The molecular weight excluding hydrogens is 115 g/mol. The molecule has 0 amide bonds. The van der Waals surface area contributed by atoms with Crippen LogP contribution < -0.4 is 5.73 Å². The lowest BCUT2D eigenvalue weighted by Gasteiger charge is -2.14. The van der Waals surface area contributed by atoms with Gasteiger partial charge in [0.25, 0.3) is 0 Å². The lowest BCUT2D eigenvalue weighted by molar-refractivity contribution is 0.420. The molecule has 1 rings (SSSR count). The van der Waals surface area contributed by atoms with E-state index in [2.05, 4.69) is 0 Å². The van der Waals surface area contributed by atoms with Crippen LogP contribution in [0.1, 0.15) is 6.42 Å². The second-order valence-corrected chi connectivity index (χ2v) is 2.68. The summed E-state index contributed by atoms with van der Waals surface area (Å²) in [4.78, 5) is 1.98. The van der Waals surface area contributed by atoms with E-state index in [0.29, 0.717) is 0 Å². The van der Waals surface area contributed by atoms with Crippen LogP contribution in [-0.4, -0.2) is 36.0 Å². The van der Waals surface area contributed by atoms with Crippen LogP contribution in [0.2, 0.25) is 6.82 Å². The average molecular weight is 128 g/mol. The van der Waals surface area contributed by atoms with Crippen LogP contribution in [0.3, 0.4) is 0 Å². The Kier molecular flexibility index (Phi) is 2.11. The third kappa shape index (κ3) is 1.68. The molecule has 0 aromatic rings. The van der Waals surface area contributed by atoms with Gasteiger partial charge in [-0.25, -0.2) is 0 Å². The van der Waals surface area contributed by atoms with Crippen molar-refractivity contribution in [2.75, 3.05) is 13.1 Å². The van der Waals surface area contributed by atoms with Crippen LogP contribution in [0.5, 0.6) is 0 Å². The second-order valence-electron chi connectivity index (χ2n) is 2.68. The monoisotopic (exact) mass is 128 g/mol. The third-order valence-electron chi connectivity index (χ3n) is 1.78. The van der Waals surface area contributed by atoms with Gasteiger partial charge < -0.3 is 15.6 Å². The standard InChI is InChI=1S/C5H13BN2O/c1-6(9)8-3-2-5(7)4-8/h5,9H,2-4,7H2,1H3/t5-/m0/s1. The highest BCUT2D eigenvalue weighted by Gasteiger charge is 2.24. The molecule has 0 saturated carbocycles. The van der Waals surface area contributed by atoms with Gasteiger partial charge in [-0.1, -0.05) is 0 Å². The predicted molar refractivity (Wildman–Crippen MR) is 38.0 cm³/mol. The number of hydrogen-bond donors (Lipinski definition) is 2. The van der Waals surface area contributed by atoms with E-state index in [-0.39, 0.29) is 13.1 Å². The zero-order chi connectivity index (χ0) is 6.85. The number of nitrogens with two attached hydrogens (primary N) is 1. The molecule has 0 unspecified atom stereocenters. The van der Waals surface area contributed by atoms with Gasteiger partial charge in [-0.05, 0) is 19.8 Å². The van der Waals surface area contributed by atoms with Gasteiger partial charge in [-0.3, -0.25) is 0 Å². The Bertz CT molecular complexity index is 99.0. The van der Waals surface area contributed by atoms with Crippen LogP contribution >= 0.6 is 0 Å². The zero-order valence-electron chi connectivity index (χ0n) is 5.75. The van der Waals surface area contributed by atoms with Crippen molar-refractivity contribution < 1.29 is 5.02 Å². The van der Waals surface area contributed by atoms with E-state index in [4.69, 9.17) is 10.8 Å². The maximum absolute atomic E-state index is 9.04. The van der Waals surface area contributed by atoms with E-state index in [9.17, 15) is 0 Å². The fraction of sp³-hybridized carbons (Fsp3) is 1.00. The number of hydrogen-bond acceptors (Lipinski definition) is 3. The van der Waals surface area contributed by atoms with E-state index in [0.717, 1.165) is 19.5 Å². The summed E-state index contributed by atoms with van der Waals surface area (Å²) < 4.78 is 0.